The van der Waals surface area contributed by atoms with Gasteiger partial charge in [-0.05, 0) is 24.1 Å². The largest absolute Gasteiger partial charge is 0.220 e. The Morgan fingerprint density at radius 1 is 1.38 bits per heavy atom. The van der Waals surface area contributed by atoms with Crippen molar-refractivity contribution >= 4 is 0 Å². The summed E-state index contributed by atoms with van der Waals surface area (Å²) in [6.45, 7) is 4.14. The zero-order valence-electron chi connectivity index (χ0n) is 9.25. The minimum Gasteiger partial charge on any atom is -0.220 e. The van der Waals surface area contributed by atoms with Gasteiger partial charge in [0.05, 0.1) is 29.2 Å². The van der Waals surface area contributed by atoms with Crippen LogP contribution in [0.4, 0.5) is 0 Å². The van der Waals surface area contributed by atoms with Crippen LogP contribution in [0, 0.1) is 11.3 Å². The van der Waals surface area contributed by atoms with E-state index in [-0.39, 0.29) is 0 Å². The molecule has 0 spiro atoms. The summed E-state index contributed by atoms with van der Waals surface area (Å²) in [6.07, 6.45) is 1.89. The molecule has 1 aromatic heterocycles. The number of hydrogen-bond acceptors (Lipinski definition) is 3. The Bertz CT molecular complexity index is 534. The molecule has 80 valence electrons. The molecule has 0 unspecified atom stereocenters. The molecule has 0 aliphatic rings. The van der Waals surface area contributed by atoms with Crippen molar-refractivity contribution < 1.29 is 0 Å². The number of hydrogen-bond donors (Lipinski definition) is 0. The molecule has 0 aliphatic carbocycles. The van der Waals surface area contributed by atoms with Crippen molar-refractivity contribution in [2.45, 2.75) is 19.8 Å². The molecule has 0 fully saturated rings. The average Bonchev–Trinajstić information content (AvgIpc) is 2.78. The topological polar surface area (TPSA) is 54.5 Å². The fraction of sp³-hybridized carbons (Fsp3) is 0.250. The maximum Gasteiger partial charge on any atom is 0.0992 e. The van der Waals surface area contributed by atoms with E-state index in [0.717, 1.165) is 11.4 Å². The molecule has 0 amide bonds. The number of nitriles is 1. The number of nitrogens with zero attached hydrogens (tertiary/aromatic N) is 4. The van der Waals surface area contributed by atoms with Gasteiger partial charge in [0.15, 0.2) is 0 Å². The van der Waals surface area contributed by atoms with Crippen LogP contribution in [0.5, 0.6) is 0 Å². The van der Waals surface area contributed by atoms with Crippen molar-refractivity contribution in [3.8, 4) is 11.8 Å². The summed E-state index contributed by atoms with van der Waals surface area (Å²) in [4.78, 5) is 0. The molecule has 0 atom stereocenters. The van der Waals surface area contributed by atoms with Gasteiger partial charge >= 0.3 is 0 Å². The van der Waals surface area contributed by atoms with Crippen molar-refractivity contribution in [1.29, 1.82) is 5.26 Å². The summed E-state index contributed by atoms with van der Waals surface area (Å²) in [5.74, 6) is 0.355. The normalized spacial score (nSPS) is 10.4. The van der Waals surface area contributed by atoms with Crippen LogP contribution in [0.1, 0.15) is 31.0 Å². The Kier molecular flexibility index (Phi) is 2.69. The predicted octanol–water partition coefficient (Wildman–Crippen LogP) is 2.26. The minimum absolute atomic E-state index is 0.355. The third kappa shape index (κ3) is 1.94. The summed E-state index contributed by atoms with van der Waals surface area (Å²) in [6, 6.07) is 9.40. The third-order valence-corrected chi connectivity index (χ3v) is 2.34. The monoisotopic (exact) mass is 212 g/mol. The van der Waals surface area contributed by atoms with Gasteiger partial charge in [-0.25, -0.2) is 4.68 Å². The Labute approximate surface area is 94.1 Å². The Morgan fingerprint density at radius 2 is 2.19 bits per heavy atom. The summed E-state index contributed by atoms with van der Waals surface area (Å²) >= 11 is 0. The average molecular weight is 212 g/mol. The number of rotatable bonds is 2. The molecule has 4 heteroatoms. The van der Waals surface area contributed by atoms with Crippen molar-refractivity contribution in [3.63, 3.8) is 0 Å². The minimum atomic E-state index is 0.355. The van der Waals surface area contributed by atoms with Crippen molar-refractivity contribution in [3.05, 3.63) is 41.7 Å². The van der Waals surface area contributed by atoms with Crippen LogP contribution < -0.4 is 0 Å². The first-order valence-corrected chi connectivity index (χ1v) is 5.13. The smallest absolute Gasteiger partial charge is 0.0992 e. The lowest BCUT2D eigenvalue weighted by molar-refractivity contribution is 0.776. The second-order valence-electron chi connectivity index (χ2n) is 3.90. The molecule has 0 aliphatic heterocycles. The van der Waals surface area contributed by atoms with Gasteiger partial charge in [0.1, 0.15) is 0 Å². The van der Waals surface area contributed by atoms with Gasteiger partial charge in [-0.1, -0.05) is 25.1 Å². The van der Waals surface area contributed by atoms with Crippen molar-refractivity contribution in [1.82, 2.24) is 15.0 Å². The zero-order chi connectivity index (χ0) is 11.5. The molecule has 1 heterocycles. The van der Waals surface area contributed by atoms with E-state index >= 15 is 0 Å². The van der Waals surface area contributed by atoms with E-state index < -0.39 is 0 Å². The predicted molar refractivity (Wildman–Crippen MR) is 60.2 cm³/mol. The molecule has 0 radical (unpaired) electrons. The second-order valence-corrected chi connectivity index (χ2v) is 3.90. The highest BCUT2D eigenvalue weighted by molar-refractivity contribution is 5.40. The summed E-state index contributed by atoms with van der Waals surface area (Å²) in [5, 5.41) is 16.9. The van der Waals surface area contributed by atoms with Crippen LogP contribution in [-0.4, -0.2) is 15.0 Å². The molecule has 1 aromatic carbocycles. The van der Waals surface area contributed by atoms with Crippen LogP contribution in [0.2, 0.25) is 0 Å². The summed E-state index contributed by atoms with van der Waals surface area (Å²) in [7, 11) is 0. The first-order chi connectivity index (χ1) is 7.70. The van der Waals surface area contributed by atoms with E-state index in [1.807, 2.05) is 18.3 Å². The molecule has 0 bridgehead atoms. The molecule has 2 aromatic rings. The molecule has 0 saturated carbocycles. The lowest BCUT2D eigenvalue weighted by atomic mass is 10.1. The lowest BCUT2D eigenvalue weighted by Gasteiger charge is -1.99. The standard InChI is InChI=1S/C12H12N4/c1-9(2)12-8-16(15-14-12)11-5-3-4-10(6-11)7-13/h3-6,8-9H,1-2H3. The molecular formula is C12H12N4. The zero-order valence-corrected chi connectivity index (χ0v) is 9.25. The van der Waals surface area contributed by atoms with Gasteiger partial charge in [0.25, 0.3) is 0 Å². The van der Waals surface area contributed by atoms with Gasteiger partial charge in [0, 0.05) is 0 Å². The van der Waals surface area contributed by atoms with Crippen LogP contribution in [0.25, 0.3) is 5.69 Å². The Balaban J connectivity index is 2.39. The SMILES string of the molecule is CC(C)c1cn(-c2cccc(C#N)c2)nn1. The van der Waals surface area contributed by atoms with E-state index in [0.29, 0.717) is 11.5 Å². The summed E-state index contributed by atoms with van der Waals surface area (Å²) in [5.41, 5.74) is 2.43. The molecule has 2 rings (SSSR count). The molecule has 0 N–H and O–H groups in total. The first-order valence-electron chi connectivity index (χ1n) is 5.13. The van der Waals surface area contributed by atoms with Crippen LogP contribution in [-0.2, 0) is 0 Å². The number of aromatic nitrogens is 3. The van der Waals surface area contributed by atoms with Gasteiger partial charge in [-0.15, -0.1) is 5.10 Å². The number of benzene rings is 1. The van der Waals surface area contributed by atoms with E-state index in [9.17, 15) is 0 Å². The fourth-order valence-electron chi connectivity index (χ4n) is 1.39. The Hall–Kier alpha value is -2.15. The van der Waals surface area contributed by atoms with E-state index in [4.69, 9.17) is 5.26 Å². The highest BCUT2D eigenvalue weighted by Crippen LogP contribution is 2.13. The van der Waals surface area contributed by atoms with Crippen molar-refractivity contribution in [2.75, 3.05) is 0 Å². The molecule has 4 nitrogen and oxygen atoms in total. The van der Waals surface area contributed by atoms with Crippen LogP contribution in [0.15, 0.2) is 30.5 Å². The second kappa shape index (κ2) is 4.15. The Morgan fingerprint density at radius 3 is 2.81 bits per heavy atom. The maximum absolute atomic E-state index is 8.81. The molecule has 0 saturated heterocycles. The molecular weight excluding hydrogens is 200 g/mol. The van der Waals surface area contributed by atoms with E-state index in [2.05, 4.69) is 30.2 Å². The van der Waals surface area contributed by atoms with Gasteiger partial charge in [-0.2, -0.15) is 5.26 Å². The lowest BCUT2D eigenvalue weighted by Crippen LogP contribution is -1.94. The first kappa shape index (κ1) is 10.4. The van der Waals surface area contributed by atoms with Gasteiger partial charge < -0.3 is 0 Å². The molecule has 16 heavy (non-hydrogen) atoms. The van der Waals surface area contributed by atoms with E-state index in [1.165, 1.54) is 0 Å². The van der Waals surface area contributed by atoms with Gasteiger partial charge in [-0.3, -0.25) is 0 Å². The fourth-order valence-corrected chi connectivity index (χ4v) is 1.39. The van der Waals surface area contributed by atoms with Crippen molar-refractivity contribution in [2.24, 2.45) is 0 Å². The quantitative estimate of drug-likeness (QED) is 0.767. The van der Waals surface area contributed by atoms with E-state index in [1.54, 1.807) is 16.8 Å². The van der Waals surface area contributed by atoms with Gasteiger partial charge in [0.2, 0.25) is 0 Å². The van der Waals surface area contributed by atoms with Crippen LogP contribution in [0.3, 0.4) is 0 Å². The third-order valence-electron chi connectivity index (χ3n) is 2.34. The van der Waals surface area contributed by atoms with Crippen LogP contribution >= 0.6 is 0 Å². The maximum atomic E-state index is 8.81. The summed E-state index contributed by atoms with van der Waals surface area (Å²) < 4.78 is 1.69. The highest BCUT2D eigenvalue weighted by atomic mass is 15.4. The highest BCUT2D eigenvalue weighted by Gasteiger charge is 2.06.